The molecular formula is C25H38O2. The number of unbranched alkanes of at least 4 members (excludes halogenated alkanes) is 2. The Hall–Kier alpha value is -1.31. The first kappa shape index (κ1) is 20.4. The first-order chi connectivity index (χ1) is 13.2. The van der Waals surface area contributed by atoms with E-state index in [1.165, 1.54) is 56.9 Å². The van der Waals surface area contributed by atoms with Crippen molar-refractivity contribution in [3.8, 4) is 5.75 Å². The molecule has 0 N–H and O–H groups in total. The van der Waals surface area contributed by atoms with Gasteiger partial charge in [-0.2, -0.15) is 0 Å². The topological polar surface area (TPSA) is 26.3 Å². The van der Waals surface area contributed by atoms with E-state index < -0.39 is 0 Å². The zero-order valence-electron chi connectivity index (χ0n) is 17.4. The number of esters is 1. The monoisotopic (exact) mass is 370 g/mol. The van der Waals surface area contributed by atoms with Gasteiger partial charge < -0.3 is 4.74 Å². The van der Waals surface area contributed by atoms with Gasteiger partial charge in [0, 0.05) is 0 Å². The summed E-state index contributed by atoms with van der Waals surface area (Å²) in [6.07, 6.45) is 15.2. The van der Waals surface area contributed by atoms with Crippen LogP contribution in [-0.4, -0.2) is 5.97 Å². The third-order valence-corrected chi connectivity index (χ3v) is 6.98. The standard InChI is InChI=1S/C25H38O2/c1-3-4-5-6-20-9-13-21(14-10-20)22-15-17-24(18-16-22)27-25(26)23-11-7-19(2)8-12-23/h15-21,23H,3-14H2,1-2H3. The van der Waals surface area contributed by atoms with Gasteiger partial charge in [-0.05, 0) is 86.8 Å². The van der Waals surface area contributed by atoms with Gasteiger partial charge in [-0.25, -0.2) is 0 Å². The molecule has 2 aliphatic carbocycles. The number of carbonyl (C=O) groups excluding carboxylic acids is 1. The van der Waals surface area contributed by atoms with Crippen molar-refractivity contribution in [2.75, 3.05) is 0 Å². The third kappa shape index (κ3) is 6.09. The molecule has 2 heteroatoms. The number of benzene rings is 1. The third-order valence-electron chi connectivity index (χ3n) is 6.98. The van der Waals surface area contributed by atoms with E-state index in [4.69, 9.17) is 4.74 Å². The molecule has 0 saturated heterocycles. The van der Waals surface area contributed by atoms with Gasteiger partial charge in [0.2, 0.25) is 0 Å². The van der Waals surface area contributed by atoms with Crippen LogP contribution in [0.4, 0.5) is 0 Å². The molecule has 150 valence electrons. The van der Waals surface area contributed by atoms with Crippen LogP contribution in [0.15, 0.2) is 24.3 Å². The Balaban J connectivity index is 1.44. The predicted molar refractivity (Wildman–Crippen MR) is 112 cm³/mol. The van der Waals surface area contributed by atoms with Gasteiger partial charge in [-0.1, -0.05) is 51.7 Å². The number of ether oxygens (including phenoxy) is 1. The van der Waals surface area contributed by atoms with E-state index in [1.54, 1.807) is 0 Å². The van der Waals surface area contributed by atoms with Crippen molar-refractivity contribution in [2.45, 2.75) is 96.8 Å². The Morgan fingerprint density at radius 3 is 2.22 bits per heavy atom. The van der Waals surface area contributed by atoms with Gasteiger partial charge in [0.1, 0.15) is 5.75 Å². The van der Waals surface area contributed by atoms with Crippen LogP contribution in [0.3, 0.4) is 0 Å². The molecule has 0 heterocycles. The highest BCUT2D eigenvalue weighted by atomic mass is 16.5. The zero-order valence-corrected chi connectivity index (χ0v) is 17.4. The minimum Gasteiger partial charge on any atom is -0.426 e. The van der Waals surface area contributed by atoms with Crippen molar-refractivity contribution in [1.82, 2.24) is 0 Å². The summed E-state index contributed by atoms with van der Waals surface area (Å²) in [5.41, 5.74) is 1.42. The van der Waals surface area contributed by atoms with Gasteiger partial charge >= 0.3 is 5.97 Å². The molecule has 2 nitrogen and oxygen atoms in total. The second kappa shape index (κ2) is 10.3. The highest BCUT2D eigenvalue weighted by Crippen LogP contribution is 2.38. The zero-order chi connectivity index (χ0) is 19.1. The Bertz CT molecular complexity index is 560. The fraction of sp³-hybridized carbons (Fsp3) is 0.720. The number of hydrogen-bond acceptors (Lipinski definition) is 2. The lowest BCUT2D eigenvalue weighted by atomic mass is 9.77. The van der Waals surface area contributed by atoms with Crippen LogP contribution in [0.25, 0.3) is 0 Å². The molecule has 0 atom stereocenters. The first-order valence-corrected chi connectivity index (χ1v) is 11.5. The minimum atomic E-state index is -0.0257. The van der Waals surface area contributed by atoms with E-state index in [9.17, 15) is 4.79 Å². The van der Waals surface area contributed by atoms with E-state index >= 15 is 0 Å². The molecule has 1 aromatic rings. The SMILES string of the molecule is CCCCCC1CCC(c2ccc(OC(=O)C3CCC(C)CC3)cc2)CC1. The molecule has 0 spiro atoms. The van der Waals surface area contributed by atoms with E-state index in [1.807, 2.05) is 12.1 Å². The molecule has 3 rings (SSSR count). The molecule has 0 radical (unpaired) electrons. The Labute approximate surface area is 166 Å². The summed E-state index contributed by atoms with van der Waals surface area (Å²) in [6, 6.07) is 8.39. The summed E-state index contributed by atoms with van der Waals surface area (Å²) >= 11 is 0. The van der Waals surface area contributed by atoms with E-state index in [0.717, 1.165) is 43.3 Å². The van der Waals surface area contributed by atoms with Gasteiger partial charge in [-0.15, -0.1) is 0 Å². The lowest BCUT2D eigenvalue weighted by molar-refractivity contribution is -0.140. The van der Waals surface area contributed by atoms with E-state index in [-0.39, 0.29) is 11.9 Å². The molecule has 27 heavy (non-hydrogen) atoms. The number of rotatable bonds is 7. The minimum absolute atomic E-state index is 0.0257. The average Bonchev–Trinajstić information content (AvgIpc) is 2.70. The van der Waals surface area contributed by atoms with Crippen molar-refractivity contribution < 1.29 is 9.53 Å². The maximum absolute atomic E-state index is 12.4. The lowest BCUT2D eigenvalue weighted by Crippen LogP contribution is -2.24. The van der Waals surface area contributed by atoms with Gasteiger partial charge in [0.05, 0.1) is 5.92 Å². The molecule has 0 aliphatic heterocycles. The average molecular weight is 371 g/mol. The summed E-state index contributed by atoms with van der Waals surface area (Å²) in [6.45, 7) is 4.56. The van der Waals surface area contributed by atoms with Crippen molar-refractivity contribution in [2.24, 2.45) is 17.8 Å². The van der Waals surface area contributed by atoms with E-state index in [2.05, 4.69) is 26.0 Å². The van der Waals surface area contributed by atoms with E-state index in [0.29, 0.717) is 5.92 Å². The molecule has 0 unspecified atom stereocenters. The molecule has 0 amide bonds. The fourth-order valence-electron chi connectivity index (χ4n) is 4.97. The highest BCUT2D eigenvalue weighted by Gasteiger charge is 2.26. The summed E-state index contributed by atoms with van der Waals surface area (Å²) in [5.74, 6) is 3.19. The van der Waals surface area contributed by atoms with Gasteiger partial charge in [0.15, 0.2) is 0 Å². The number of hydrogen-bond donors (Lipinski definition) is 0. The van der Waals surface area contributed by atoms with Crippen LogP contribution in [0.5, 0.6) is 5.75 Å². The van der Waals surface area contributed by atoms with Crippen molar-refractivity contribution in [3.05, 3.63) is 29.8 Å². The maximum atomic E-state index is 12.4. The van der Waals surface area contributed by atoms with Crippen LogP contribution in [-0.2, 0) is 4.79 Å². The summed E-state index contributed by atoms with van der Waals surface area (Å²) in [7, 11) is 0. The normalized spacial score (nSPS) is 28.7. The summed E-state index contributed by atoms with van der Waals surface area (Å²) < 4.78 is 5.66. The Morgan fingerprint density at radius 2 is 1.59 bits per heavy atom. The molecule has 1 aromatic carbocycles. The van der Waals surface area contributed by atoms with Gasteiger partial charge in [0.25, 0.3) is 0 Å². The summed E-state index contributed by atoms with van der Waals surface area (Å²) in [5, 5.41) is 0. The molecular weight excluding hydrogens is 332 g/mol. The van der Waals surface area contributed by atoms with Crippen LogP contribution in [0.2, 0.25) is 0 Å². The van der Waals surface area contributed by atoms with Crippen molar-refractivity contribution in [3.63, 3.8) is 0 Å². The van der Waals surface area contributed by atoms with Gasteiger partial charge in [-0.3, -0.25) is 4.79 Å². The largest absolute Gasteiger partial charge is 0.426 e. The predicted octanol–water partition coefficient (Wildman–Crippen LogP) is 7.27. The fourth-order valence-corrected chi connectivity index (χ4v) is 4.97. The molecule has 0 aromatic heterocycles. The van der Waals surface area contributed by atoms with Crippen molar-refractivity contribution >= 4 is 5.97 Å². The summed E-state index contributed by atoms with van der Waals surface area (Å²) in [4.78, 5) is 12.4. The van der Waals surface area contributed by atoms with Crippen molar-refractivity contribution in [1.29, 1.82) is 0 Å². The Kier molecular flexibility index (Phi) is 7.79. The number of carbonyl (C=O) groups is 1. The Morgan fingerprint density at radius 1 is 0.926 bits per heavy atom. The quantitative estimate of drug-likeness (QED) is 0.286. The van der Waals surface area contributed by atoms with Crippen LogP contribution in [0, 0.1) is 17.8 Å². The molecule has 2 fully saturated rings. The van der Waals surface area contributed by atoms with Crippen LogP contribution >= 0.6 is 0 Å². The van der Waals surface area contributed by atoms with Crippen LogP contribution < -0.4 is 4.74 Å². The second-order valence-corrected chi connectivity index (χ2v) is 9.16. The lowest BCUT2D eigenvalue weighted by Gasteiger charge is -2.29. The smallest absolute Gasteiger partial charge is 0.314 e. The highest BCUT2D eigenvalue weighted by molar-refractivity contribution is 5.75. The first-order valence-electron chi connectivity index (χ1n) is 11.5. The molecule has 2 saturated carbocycles. The second-order valence-electron chi connectivity index (χ2n) is 9.16. The van der Waals surface area contributed by atoms with Crippen LogP contribution in [0.1, 0.15) is 102 Å². The maximum Gasteiger partial charge on any atom is 0.314 e. The molecule has 0 bridgehead atoms. The molecule has 2 aliphatic rings.